The average Bonchev–Trinajstić information content (AvgIpc) is 2.53. The monoisotopic (exact) mass is 216 g/mol. The van der Waals surface area contributed by atoms with Crippen molar-refractivity contribution in [1.29, 1.82) is 0 Å². The van der Waals surface area contributed by atoms with E-state index in [1.807, 2.05) is 11.8 Å². The lowest BCUT2D eigenvalue weighted by Gasteiger charge is -2.28. The highest BCUT2D eigenvalue weighted by Gasteiger charge is 2.26. The largest absolute Gasteiger partial charge is 0.313 e. The van der Waals surface area contributed by atoms with Crippen molar-refractivity contribution in [2.75, 3.05) is 32.4 Å². The maximum Gasteiger partial charge on any atom is 0.0227 e. The number of hydrogen-bond donors (Lipinski definition) is 1. The quantitative estimate of drug-likeness (QED) is 0.754. The molecular weight excluding hydrogens is 192 g/mol. The zero-order valence-electron chi connectivity index (χ0n) is 9.97. The normalized spacial score (nSPS) is 24.4. The van der Waals surface area contributed by atoms with Crippen LogP contribution in [0, 0.1) is 0 Å². The van der Waals surface area contributed by atoms with E-state index in [2.05, 4.69) is 37.2 Å². The highest BCUT2D eigenvalue weighted by Crippen LogP contribution is 2.24. The Balaban J connectivity index is 2.28. The topological polar surface area (TPSA) is 15.3 Å². The first-order chi connectivity index (χ1) is 6.57. The molecule has 0 aliphatic carbocycles. The number of thioether (sulfide) groups is 1. The van der Waals surface area contributed by atoms with Gasteiger partial charge in [-0.2, -0.15) is 11.8 Å². The Labute approximate surface area is 92.8 Å². The van der Waals surface area contributed by atoms with E-state index < -0.39 is 0 Å². The van der Waals surface area contributed by atoms with Gasteiger partial charge >= 0.3 is 0 Å². The fourth-order valence-electron chi connectivity index (χ4n) is 2.03. The van der Waals surface area contributed by atoms with E-state index in [9.17, 15) is 0 Å². The number of nitrogens with one attached hydrogen (secondary N) is 1. The van der Waals surface area contributed by atoms with Crippen molar-refractivity contribution in [3.05, 3.63) is 0 Å². The molecule has 0 aromatic carbocycles. The van der Waals surface area contributed by atoms with Crippen molar-refractivity contribution < 1.29 is 0 Å². The maximum absolute atomic E-state index is 3.53. The number of rotatable bonds is 5. The van der Waals surface area contributed by atoms with Crippen molar-refractivity contribution in [2.24, 2.45) is 0 Å². The summed E-state index contributed by atoms with van der Waals surface area (Å²) < 4.78 is 0.404. The van der Waals surface area contributed by atoms with Gasteiger partial charge in [0.05, 0.1) is 0 Å². The minimum absolute atomic E-state index is 0.404. The number of likely N-dealkylation sites (tertiary alicyclic amines) is 1. The summed E-state index contributed by atoms with van der Waals surface area (Å²) in [4.78, 5) is 2.59. The van der Waals surface area contributed by atoms with Gasteiger partial charge in [-0.05, 0) is 39.6 Å². The second-order valence-corrected chi connectivity index (χ2v) is 6.26. The fraction of sp³-hybridized carbons (Fsp3) is 1.00. The van der Waals surface area contributed by atoms with Crippen LogP contribution >= 0.6 is 11.8 Å². The summed E-state index contributed by atoms with van der Waals surface area (Å²) in [7, 11) is 0. The Bertz CT molecular complexity index is 171. The SMILES string of the molecule is CCNC1CCN(CC(C)(C)SC)C1. The van der Waals surface area contributed by atoms with Crippen molar-refractivity contribution in [2.45, 2.75) is 38.0 Å². The smallest absolute Gasteiger partial charge is 0.0227 e. The van der Waals surface area contributed by atoms with E-state index in [0.29, 0.717) is 4.75 Å². The molecule has 1 N–H and O–H groups in total. The number of likely N-dealkylation sites (N-methyl/N-ethyl adjacent to an activating group) is 1. The lowest BCUT2D eigenvalue weighted by molar-refractivity contribution is 0.305. The molecule has 0 amide bonds. The second-order valence-electron chi connectivity index (χ2n) is 4.74. The third-order valence-electron chi connectivity index (χ3n) is 2.92. The zero-order valence-corrected chi connectivity index (χ0v) is 10.8. The van der Waals surface area contributed by atoms with E-state index in [0.717, 1.165) is 12.6 Å². The van der Waals surface area contributed by atoms with Gasteiger partial charge in [0.2, 0.25) is 0 Å². The first kappa shape index (κ1) is 12.3. The molecule has 0 aromatic rings. The highest BCUT2D eigenvalue weighted by atomic mass is 32.2. The summed E-state index contributed by atoms with van der Waals surface area (Å²) in [6.07, 6.45) is 3.52. The van der Waals surface area contributed by atoms with E-state index in [1.54, 1.807) is 0 Å². The van der Waals surface area contributed by atoms with Crippen LogP contribution in [0.25, 0.3) is 0 Å². The van der Waals surface area contributed by atoms with Crippen molar-refractivity contribution >= 4 is 11.8 Å². The molecule has 1 fully saturated rings. The molecule has 1 unspecified atom stereocenters. The molecule has 2 nitrogen and oxygen atoms in total. The molecule has 1 rings (SSSR count). The molecular formula is C11H24N2S. The van der Waals surface area contributed by atoms with Crippen LogP contribution in [0.15, 0.2) is 0 Å². The summed E-state index contributed by atoms with van der Waals surface area (Å²) in [5.41, 5.74) is 0. The Morgan fingerprint density at radius 3 is 2.79 bits per heavy atom. The van der Waals surface area contributed by atoms with Crippen molar-refractivity contribution in [1.82, 2.24) is 10.2 Å². The van der Waals surface area contributed by atoms with Crippen LogP contribution in [0.5, 0.6) is 0 Å². The summed E-state index contributed by atoms with van der Waals surface area (Å²) in [6.45, 7) is 11.7. The van der Waals surface area contributed by atoms with Crippen LogP contribution in [-0.2, 0) is 0 Å². The average molecular weight is 216 g/mol. The molecule has 0 aromatic heterocycles. The van der Waals surface area contributed by atoms with Crippen LogP contribution < -0.4 is 5.32 Å². The molecule has 1 aliphatic rings. The molecule has 0 bridgehead atoms. The van der Waals surface area contributed by atoms with Crippen LogP contribution in [0.2, 0.25) is 0 Å². The van der Waals surface area contributed by atoms with E-state index in [1.165, 1.54) is 26.1 Å². The van der Waals surface area contributed by atoms with Crippen LogP contribution in [0.3, 0.4) is 0 Å². The molecule has 0 spiro atoms. The zero-order chi connectivity index (χ0) is 10.6. The van der Waals surface area contributed by atoms with E-state index in [4.69, 9.17) is 0 Å². The molecule has 1 saturated heterocycles. The van der Waals surface area contributed by atoms with Gasteiger partial charge < -0.3 is 10.2 Å². The summed E-state index contributed by atoms with van der Waals surface area (Å²) in [5.74, 6) is 0. The molecule has 0 radical (unpaired) electrons. The van der Waals surface area contributed by atoms with Crippen LogP contribution in [0.1, 0.15) is 27.2 Å². The number of hydrogen-bond acceptors (Lipinski definition) is 3. The molecule has 14 heavy (non-hydrogen) atoms. The summed E-state index contributed by atoms with van der Waals surface area (Å²) in [6, 6.07) is 0.734. The van der Waals surface area contributed by atoms with Crippen molar-refractivity contribution in [3.8, 4) is 0 Å². The molecule has 3 heteroatoms. The second kappa shape index (κ2) is 5.38. The Morgan fingerprint density at radius 2 is 2.21 bits per heavy atom. The Kier molecular flexibility index (Phi) is 4.74. The van der Waals surface area contributed by atoms with Gasteiger partial charge in [0.1, 0.15) is 0 Å². The molecule has 0 saturated carbocycles. The highest BCUT2D eigenvalue weighted by molar-refractivity contribution is 7.99. The fourth-order valence-corrected chi connectivity index (χ4v) is 2.35. The van der Waals surface area contributed by atoms with E-state index in [-0.39, 0.29) is 0 Å². The standard InChI is InChI=1S/C11H24N2S/c1-5-12-10-6-7-13(8-10)9-11(2,3)14-4/h10,12H,5-9H2,1-4H3. The minimum Gasteiger partial charge on any atom is -0.313 e. The first-order valence-electron chi connectivity index (χ1n) is 5.58. The molecule has 1 atom stereocenters. The maximum atomic E-state index is 3.53. The Morgan fingerprint density at radius 1 is 1.50 bits per heavy atom. The van der Waals surface area contributed by atoms with Gasteiger partial charge in [-0.25, -0.2) is 0 Å². The van der Waals surface area contributed by atoms with Crippen molar-refractivity contribution in [3.63, 3.8) is 0 Å². The van der Waals surface area contributed by atoms with Crippen LogP contribution in [-0.4, -0.2) is 48.1 Å². The predicted molar refractivity (Wildman–Crippen MR) is 66.1 cm³/mol. The number of nitrogens with zero attached hydrogens (tertiary/aromatic N) is 1. The van der Waals surface area contributed by atoms with Gasteiger partial charge in [-0.3, -0.25) is 0 Å². The van der Waals surface area contributed by atoms with Gasteiger partial charge in [0, 0.05) is 23.9 Å². The van der Waals surface area contributed by atoms with Gasteiger partial charge in [0.25, 0.3) is 0 Å². The summed E-state index contributed by atoms with van der Waals surface area (Å²) >= 11 is 1.97. The van der Waals surface area contributed by atoms with Crippen LogP contribution in [0.4, 0.5) is 0 Å². The predicted octanol–water partition coefficient (Wildman–Crippen LogP) is 1.81. The molecule has 1 heterocycles. The summed E-state index contributed by atoms with van der Waals surface area (Å²) in [5, 5.41) is 3.53. The van der Waals surface area contributed by atoms with E-state index >= 15 is 0 Å². The molecule has 84 valence electrons. The first-order valence-corrected chi connectivity index (χ1v) is 6.81. The lowest BCUT2D eigenvalue weighted by atomic mass is 10.2. The molecule has 1 aliphatic heterocycles. The minimum atomic E-state index is 0.404. The van der Waals surface area contributed by atoms with Gasteiger partial charge in [0.15, 0.2) is 0 Å². The van der Waals surface area contributed by atoms with Gasteiger partial charge in [-0.15, -0.1) is 0 Å². The Hall–Kier alpha value is 0.270. The van der Waals surface area contributed by atoms with Gasteiger partial charge in [-0.1, -0.05) is 6.92 Å². The third-order valence-corrected chi connectivity index (χ3v) is 4.16. The lowest BCUT2D eigenvalue weighted by Crippen LogP contribution is -2.38. The third kappa shape index (κ3) is 3.79.